The van der Waals surface area contributed by atoms with Crippen LogP contribution in [0.2, 0.25) is 0 Å². The summed E-state index contributed by atoms with van der Waals surface area (Å²) in [6.07, 6.45) is -2.02. The molecule has 19 heavy (non-hydrogen) atoms. The van der Waals surface area contributed by atoms with E-state index in [2.05, 4.69) is 15.1 Å². The molecule has 0 atom stereocenters. The molecule has 2 aromatic heterocycles. The first-order valence-corrected chi connectivity index (χ1v) is 4.95. The van der Waals surface area contributed by atoms with Gasteiger partial charge in [0.05, 0.1) is 11.1 Å². The third-order valence-electron chi connectivity index (χ3n) is 2.25. The highest BCUT2D eigenvalue weighted by Gasteiger charge is 2.31. The molecule has 0 aromatic carbocycles. The van der Waals surface area contributed by atoms with Gasteiger partial charge < -0.3 is 5.11 Å². The number of rotatable bonds is 2. The van der Waals surface area contributed by atoms with Crippen molar-refractivity contribution in [3.05, 3.63) is 29.8 Å². The number of aromatic nitrogens is 4. The number of carboxylic acids is 1. The summed E-state index contributed by atoms with van der Waals surface area (Å²) in [5.41, 5.74) is -1.26. The zero-order valence-electron chi connectivity index (χ0n) is 9.51. The van der Waals surface area contributed by atoms with Gasteiger partial charge in [-0.15, -0.1) is 0 Å². The molecule has 0 saturated heterocycles. The van der Waals surface area contributed by atoms with Crippen LogP contribution in [0.3, 0.4) is 0 Å². The third-order valence-corrected chi connectivity index (χ3v) is 2.25. The summed E-state index contributed by atoms with van der Waals surface area (Å²) in [4.78, 5) is 18.0. The molecule has 1 N–H and O–H groups in total. The SMILES string of the molecule is Cn1cc(-c2ncc(C(F)(F)F)cn2)c(C(=O)O)n1. The van der Waals surface area contributed by atoms with Gasteiger partial charge in [0.15, 0.2) is 11.5 Å². The fourth-order valence-corrected chi connectivity index (χ4v) is 1.42. The first-order chi connectivity index (χ1) is 8.79. The molecule has 0 unspecified atom stereocenters. The summed E-state index contributed by atoms with van der Waals surface area (Å²) in [5.74, 6) is -1.43. The zero-order chi connectivity index (χ0) is 14.2. The van der Waals surface area contributed by atoms with E-state index in [-0.39, 0.29) is 17.1 Å². The van der Waals surface area contributed by atoms with Crippen molar-refractivity contribution in [2.75, 3.05) is 0 Å². The Kier molecular flexibility index (Phi) is 2.97. The number of nitrogens with zero attached hydrogens (tertiary/aromatic N) is 4. The van der Waals surface area contributed by atoms with Gasteiger partial charge in [-0.1, -0.05) is 0 Å². The maximum Gasteiger partial charge on any atom is 0.419 e. The summed E-state index contributed by atoms with van der Waals surface area (Å²) in [5, 5.41) is 12.6. The number of carboxylic acid groups (broad SMARTS) is 1. The van der Waals surface area contributed by atoms with Crippen molar-refractivity contribution in [2.24, 2.45) is 7.05 Å². The van der Waals surface area contributed by atoms with Crippen molar-refractivity contribution < 1.29 is 23.1 Å². The zero-order valence-corrected chi connectivity index (χ0v) is 9.51. The quantitative estimate of drug-likeness (QED) is 0.897. The number of alkyl halides is 3. The fraction of sp³-hybridized carbons (Fsp3) is 0.200. The Hall–Kier alpha value is -2.45. The van der Waals surface area contributed by atoms with Crippen molar-refractivity contribution in [3.8, 4) is 11.4 Å². The predicted octanol–water partition coefficient (Wildman–Crippen LogP) is 1.59. The molecular formula is C10H7F3N4O2. The van der Waals surface area contributed by atoms with Crippen molar-refractivity contribution in [3.63, 3.8) is 0 Å². The van der Waals surface area contributed by atoms with Crippen LogP contribution in [0.1, 0.15) is 16.1 Å². The lowest BCUT2D eigenvalue weighted by Crippen LogP contribution is -2.07. The van der Waals surface area contributed by atoms with Gasteiger partial charge in [0.2, 0.25) is 0 Å². The number of hydrogen-bond donors (Lipinski definition) is 1. The largest absolute Gasteiger partial charge is 0.476 e. The Bertz CT molecular complexity index is 619. The molecule has 0 amide bonds. The highest BCUT2D eigenvalue weighted by atomic mass is 19.4. The Balaban J connectivity index is 2.46. The first kappa shape index (κ1) is 13.0. The highest BCUT2D eigenvalue weighted by Crippen LogP contribution is 2.29. The monoisotopic (exact) mass is 272 g/mol. The van der Waals surface area contributed by atoms with Crippen LogP contribution in [0.5, 0.6) is 0 Å². The van der Waals surface area contributed by atoms with Gasteiger partial charge >= 0.3 is 12.1 Å². The molecule has 0 fully saturated rings. The highest BCUT2D eigenvalue weighted by molar-refractivity contribution is 5.92. The van der Waals surface area contributed by atoms with Crippen LogP contribution in [0.15, 0.2) is 18.6 Å². The molecule has 2 rings (SSSR count). The van der Waals surface area contributed by atoms with E-state index in [1.807, 2.05) is 0 Å². The second-order valence-electron chi connectivity index (χ2n) is 3.66. The Morgan fingerprint density at radius 2 is 1.89 bits per heavy atom. The average Bonchev–Trinajstić information content (AvgIpc) is 2.70. The summed E-state index contributed by atoms with van der Waals surface area (Å²) in [6.45, 7) is 0. The molecule has 9 heteroatoms. The molecule has 0 aliphatic rings. The molecule has 0 aliphatic carbocycles. The summed E-state index contributed by atoms with van der Waals surface area (Å²) in [6, 6.07) is 0. The summed E-state index contributed by atoms with van der Waals surface area (Å²) >= 11 is 0. The van der Waals surface area contributed by atoms with Crippen LogP contribution < -0.4 is 0 Å². The minimum atomic E-state index is -4.54. The summed E-state index contributed by atoms with van der Waals surface area (Å²) < 4.78 is 38.3. The van der Waals surface area contributed by atoms with E-state index in [0.717, 1.165) is 0 Å². The minimum Gasteiger partial charge on any atom is -0.476 e. The van der Waals surface area contributed by atoms with E-state index in [4.69, 9.17) is 5.11 Å². The molecule has 2 aromatic rings. The van der Waals surface area contributed by atoms with E-state index >= 15 is 0 Å². The van der Waals surface area contributed by atoms with E-state index < -0.39 is 17.7 Å². The Morgan fingerprint density at radius 1 is 1.32 bits per heavy atom. The van der Waals surface area contributed by atoms with Crippen molar-refractivity contribution in [2.45, 2.75) is 6.18 Å². The fourth-order valence-electron chi connectivity index (χ4n) is 1.42. The van der Waals surface area contributed by atoms with Gasteiger partial charge in [-0.2, -0.15) is 18.3 Å². The number of hydrogen-bond acceptors (Lipinski definition) is 4. The molecule has 0 aliphatic heterocycles. The Morgan fingerprint density at radius 3 is 2.37 bits per heavy atom. The number of aryl methyl sites for hydroxylation is 1. The van der Waals surface area contributed by atoms with Gasteiger partial charge in [0.1, 0.15) is 0 Å². The van der Waals surface area contributed by atoms with Gasteiger partial charge in [-0.05, 0) is 0 Å². The molecule has 0 spiro atoms. The van der Waals surface area contributed by atoms with Crippen LogP contribution in [0.25, 0.3) is 11.4 Å². The molecule has 0 saturated carbocycles. The molecular weight excluding hydrogens is 265 g/mol. The number of aromatic carboxylic acids is 1. The van der Waals surface area contributed by atoms with Crippen LogP contribution >= 0.6 is 0 Å². The second-order valence-corrected chi connectivity index (χ2v) is 3.66. The molecule has 6 nitrogen and oxygen atoms in total. The van der Waals surface area contributed by atoms with Crippen molar-refractivity contribution in [1.82, 2.24) is 19.7 Å². The van der Waals surface area contributed by atoms with Gasteiger partial charge in [0, 0.05) is 25.6 Å². The first-order valence-electron chi connectivity index (χ1n) is 4.95. The summed E-state index contributed by atoms with van der Waals surface area (Å²) in [7, 11) is 1.49. The maximum absolute atomic E-state index is 12.3. The van der Waals surface area contributed by atoms with Crippen LogP contribution in [-0.4, -0.2) is 30.8 Å². The van der Waals surface area contributed by atoms with E-state index in [1.54, 1.807) is 0 Å². The predicted molar refractivity (Wildman–Crippen MR) is 56.2 cm³/mol. The normalized spacial score (nSPS) is 11.6. The lowest BCUT2D eigenvalue weighted by molar-refractivity contribution is -0.138. The van der Waals surface area contributed by atoms with Crippen molar-refractivity contribution >= 4 is 5.97 Å². The molecule has 0 bridgehead atoms. The molecule has 100 valence electrons. The van der Waals surface area contributed by atoms with Crippen molar-refractivity contribution in [1.29, 1.82) is 0 Å². The van der Waals surface area contributed by atoms with E-state index in [1.165, 1.54) is 17.9 Å². The van der Waals surface area contributed by atoms with Crippen LogP contribution in [0.4, 0.5) is 13.2 Å². The van der Waals surface area contributed by atoms with Gasteiger partial charge in [0.25, 0.3) is 0 Å². The molecule has 0 radical (unpaired) electrons. The van der Waals surface area contributed by atoms with Crippen LogP contribution in [0, 0.1) is 0 Å². The van der Waals surface area contributed by atoms with Gasteiger partial charge in [-0.3, -0.25) is 4.68 Å². The average molecular weight is 272 g/mol. The number of carbonyl (C=O) groups is 1. The topological polar surface area (TPSA) is 80.9 Å². The Labute approximate surface area is 104 Å². The lowest BCUT2D eigenvalue weighted by atomic mass is 10.2. The lowest BCUT2D eigenvalue weighted by Gasteiger charge is -2.05. The molecule has 2 heterocycles. The van der Waals surface area contributed by atoms with E-state index in [9.17, 15) is 18.0 Å². The van der Waals surface area contributed by atoms with Crippen LogP contribution in [-0.2, 0) is 13.2 Å². The smallest absolute Gasteiger partial charge is 0.419 e. The third kappa shape index (κ3) is 2.54. The number of halogens is 3. The standard InChI is InChI=1S/C10H7F3N4O2/c1-17-4-6(7(16-17)9(18)19)8-14-2-5(3-15-8)10(11,12)13/h2-4H,1H3,(H,18,19). The van der Waals surface area contributed by atoms with E-state index in [0.29, 0.717) is 12.4 Å². The minimum absolute atomic E-state index is 0.0590. The maximum atomic E-state index is 12.3. The van der Waals surface area contributed by atoms with Gasteiger partial charge in [-0.25, -0.2) is 14.8 Å². The second kappa shape index (κ2) is 4.34.